The highest BCUT2D eigenvalue weighted by atomic mass is 16.5. The third-order valence-corrected chi connectivity index (χ3v) is 5.02. The van der Waals surface area contributed by atoms with Crippen LogP contribution in [0.1, 0.15) is 12.0 Å². The van der Waals surface area contributed by atoms with Crippen LogP contribution in [0.3, 0.4) is 0 Å². The average molecular weight is 320 g/mol. The number of aliphatic hydroxyl groups is 2. The Bertz CT molecular complexity index is 463. The van der Waals surface area contributed by atoms with Gasteiger partial charge in [-0.2, -0.15) is 0 Å². The summed E-state index contributed by atoms with van der Waals surface area (Å²) in [5, 5.41) is 19.9. The van der Waals surface area contributed by atoms with Crippen molar-refractivity contribution in [1.82, 2.24) is 9.80 Å². The molecule has 0 aliphatic carbocycles. The van der Waals surface area contributed by atoms with Crippen molar-refractivity contribution in [3.63, 3.8) is 0 Å². The molecule has 2 aliphatic rings. The largest absolute Gasteiger partial charge is 0.389 e. The van der Waals surface area contributed by atoms with Crippen molar-refractivity contribution in [2.45, 2.75) is 31.1 Å². The Balaban J connectivity index is 1.38. The summed E-state index contributed by atoms with van der Waals surface area (Å²) >= 11 is 0. The molecule has 5 heteroatoms. The zero-order valence-corrected chi connectivity index (χ0v) is 13.7. The number of aryl methyl sites for hydroxylation is 1. The van der Waals surface area contributed by atoms with E-state index in [4.69, 9.17) is 4.74 Å². The number of rotatable bonds is 5. The van der Waals surface area contributed by atoms with Gasteiger partial charge in [-0.15, -0.1) is 0 Å². The van der Waals surface area contributed by atoms with E-state index in [0.29, 0.717) is 6.61 Å². The van der Waals surface area contributed by atoms with Gasteiger partial charge in [-0.1, -0.05) is 30.3 Å². The summed E-state index contributed by atoms with van der Waals surface area (Å²) in [6, 6.07) is 10.6. The van der Waals surface area contributed by atoms with Crippen LogP contribution in [0.15, 0.2) is 30.3 Å². The molecule has 1 aromatic rings. The van der Waals surface area contributed by atoms with Crippen LogP contribution >= 0.6 is 0 Å². The number of piperazine rings is 1. The van der Waals surface area contributed by atoms with Crippen molar-refractivity contribution in [2.24, 2.45) is 0 Å². The minimum Gasteiger partial charge on any atom is -0.389 e. The van der Waals surface area contributed by atoms with E-state index in [1.54, 1.807) is 0 Å². The molecule has 0 amide bonds. The van der Waals surface area contributed by atoms with Gasteiger partial charge in [-0.05, 0) is 24.9 Å². The van der Waals surface area contributed by atoms with E-state index in [1.807, 2.05) is 0 Å². The van der Waals surface area contributed by atoms with Crippen LogP contribution in [0.2, 0.25) is 0 Å². The van der Waals surface area contributed by atoms with Crippen LogP contribution in [0.4, 0.5) is 0 Å². The number of aliphatic hydroxyl groups excluding tert-OH is 2. The second-order valence-electron chi connectivity index (χ2n) is 6.63. The summed E-state index contributed by atoms with van der Waals surface area (Å²) in [6.45, 7) is 5.80. The third-order valence-electron chi connectivity index (χ3n) is 5.02. The average Bonchev–Trinajstić information content (AvgIpc) is 2.59. The van der Waals surface area contributed by atoms with Crippen molar-refractivity contribution >= 4 is 0 Å². The third kappa shape index (κ3) is 4.52. The first-order chi connectivity index (χ1) is 11.2. The molecular formula is C18H28N2O3. The van der Waals surface area contributed by atoms with Crippen LogP contribution in [-0.2, 0) is 11.2 Å². The van der Waals surface area contributed by atoms with Gasteiger partial charge in [0.25, 0.3) is 0 Å². The zero-order chi connectivity index (χ0) is 16.1. The fourth-order valence-electron chi connectivity index (χ4n) is 3.55. The molecule has 0 aromatic heterocycles. The van der Waals surface area contributed by atoms with E-state index < -0.39 is 12.2 Å². The molecule has 0 spiro atoms. The quantitative estimate of drug-likeness (QED) is 0.820. The molecule has 2 fully saturated rings. The van der Waals surface area contributed by atoms with Gasteiger partial charge >= 0.3 is 0 Å². The van der Waals surface area contributed by atoms with E-state index in [9.17, 15) is 10.2 Å². The fourth-order valence-corrected chi connectivity index (χ4v) is 3.55. The maximum absolute atomic E-state index is 10.1. The summed E-state index contributed by atoms with van der Waals surface area (Å²) in [4.78, 5) is 4.76. The van der Waals surface area contributed by atoms with E-state index in [0.717, 1.165) is 39.1 Å². The summed E-state index contributed by atoms with van der Waals surface area (Å²) in [5.41, 5.74) is 1.41. The molecular weight excluding hydrogens is 292 g/mol. The molecule has 23 heavy (non-hydrogen) atoms. The Morgan fingerprint density at radius 1 is 1.00 bits per heavy atom. The molecule has 2 heterocycles. The van der Waals surface area contributed by atoms with Gasteiger partial charge in [0, 0.05) is 26.2 Å². The van der Waals surface area contributed by atoms with Gasteiger partial charge in [0.1, 0.15) is 6.10 Å². The summed E-state index contributed by atoms with van der Waals surface area (Å²) in [7, 11) is 0. The minimum atomic E-state index is -0.752. The molecule has 3 rings (SSSR count). The van der Waals surface area contributed by atoms with E-state index in [2.05, 4.69) is 40.1 Å². The molecule has 128 valence electrons. The molecule has 0 bridgehead atoms. The van der Waals surface area contributed by atoms with Crippen LogP contribution in [0.25, 0.3) is 0 Å². The topological polar surface area (TPSA) is 56.2 Å². The fraction of sp³-hybridized carbons (Fsp3) is 0.667. The van der Waals surface area contributed by atoms with Crippen molar-refractivity contribution in [2.75, 3.05) is 45.9 Å². The first kappa shape index (κ1) is 16.9. The van der Waals surface area contributed by atoms with Gasteiger partial charge in [0.2, 0.25) is 0 Å². The lowest BCUT2D eigenvalue weighted by atomic mass is 10.0. The molecule has 2 N–H and O–H groups in total. The summed E-state index contributed by atoms with van der Waals surface area (Å²) < 4.78 is 5.39. The molecule has 0 unspecified atom stereocenters. The number of ether oxygens (including phenoxy) is 1. The van der Waals surface area contributed by atoms with Gasteiger partial charge < -0.3 is 19.8 Å². The van der Waals surface area contributed by atoms with Gasteiger partial charge in [-0.3, -0.25) is 4.90 Å². The van der Waals surface area contributed by atoms with Crippen LogP contribution < -0.4 is 0 Å². The minimum absolute atomic E-state index is 0.0646. The van der Waals surface area contributed by atoms with E-state index in [-0.39, 0.29) is 12.6 Å². The molecule has 0 saturated carbocycles. The highest BCUT2D eigenvalue weighted by Gasteiger charge is 2.36. The Hall–Kier alpha value is -0.980. The van der Waals surface area contributed by atoms with Gasteiger partial charge in [0.05, 0.1) is 25.4 Å². The Morgan fingerprint density at radius 2 is 1.74 bits per heavy atom. The SMILES string of the molecule is O[C@@H]1[C@H](O)COC[C@H]1N1CCN(CCCc2ccccc2)CC1. The smallest absolute Gasteiger partial charge is 0.105 e. The molecule has 2 aliphatic heterocycles. The van der Waals surface area contributed by atoms with Gasteiger partial charge in [0.15, 0.2) is 0 Å². The second kappa shape index (κ2) is 8.22. The lowest BCUT2D eigenvalue weighted by molar-refractivity contribution is -0.137. The lowest BCUT2D eigenvalue weighted by Gasteiger charge is -2.43. The maximum Gasteiger partial charge on any atom is 0.105 e. The van der Waals surface area contributed by atoms with E-state index >= 15 is 0 Å². The molecule has 2 saturated heterocycles. The Kier molecular flexibility index (Phi) is 6.02. The van der Waals surface area contributed by atoms with Crippen molar-refractivity contribution in [3.05, 3.63) is 35.9 Å². The predicted octanol–water partition coefficient (Wildman–Crippen LogP) is 0.357. The predicted molar refractivity (Wildman–Crippen MR) is 89.4 cm³/mol. The first-order valence-corrected chi connectivity index (χ1v) is 8.68. The number of hydrogen-bond donors (Lipinski definition) is 2. The monoisotopic (exact) mass is 320 g/mol. The lowest BCUT2D eigenvalue weighted by Crippen LogP contribution is -2.60. The van der Waals surface area contributed by atoms with Crippen LogP contribution in [0.5, 0.6) is 0 Å². The standard InChI is InChI=1S/C18H28N2O3/c21-17-14-23-13-16(18(17)22)20-11-9-19(10-12-20)8-4-7-15-5-2-1-3-6-15/h1-3,5-6,16-18,21-22H,4,7-14H2/t16-,17-,18+/m1/s1. The maximum atomic E-state index is 10.1. The van der Waals surface area contributed by atoms with Crippen LogP contribution in [0, 0.1) is 0 Å². The van der Waals surface area contributed by atoms with Gasteiger partial charge in [-0.25, -0.2) is 0 Å². The summed E-state index contributed by atoms with van der Waals surface area (Å²) in [6.07, 6.45) is 0.867. The van der Waals surface area contributed by atoms with E-state index in [1.165, 1.54) is 12.0 Å². The van der Waals surface area contributed by atoms with Crippen molar-refractivity contribution in [1.29, 1.82) is 0 Å². The second-order valence-corrected chi connectivity index (χ2v) is 6.63. The van der Waals surface area contributed by atoms with Crippen molar-refractivity contribution < 1.29 is 14.9 Å². The molecule has 0 radical (unpaired) electrons. The van der Waals surface area contributed by atoms with Crippen molar-refractivity contribution in [3.8, 4) is 0 Å². The molecule has 3 atom stereocenters. The number of benzene rings is 1. The number of nitrogens with zero attached hydrogens (tertiary/aromatic N) is 2. The zero-order valence-electron chi connectivity index (χ0n) is 13.7. The molecule has 1 aromatic carbocycles. The normalized spacial score (nSPS) is 30.4. The van der Waals surface area contributed by atoms with Crippen LogP contribution in [-0.4, -0.2) is 84.2 Å². The molecule has 5 nitrogen and oxygen atoms in total. The highest BCUT2D eigenvalue weighted by molar-refractivity contribution is 5.14. The number of hydrogen-bond acceptors (Lipinski definition) is 5. The Morgan fingerprint density at radius 3 is 2.48 bits per heavy atom. The highest BCUT2D eigenvalue weighted by Crippen LogP contribution is 2.17. The summed E-state index contributed by atoms with van der Waals surface area (Å²) in [5.74, 6) is 0. The first-order valence-electron chi connectivity index (χ1n) is 8.68. The Labute approximate surface area is 138 Å².